The van der Waals surface area contributed by atoms with E-state index in [1.807, 2.05) is 38.1 Å². The predicted octanol–water partition coefficient (Wildman–Crippen LogP) is 7.72. The highest BCUT2D eigenvalue weighted by atomic mass is 32.2. The zero-order chi connectivity index (χ0) is 42.0. The number of nitro groups is 1. The van der Waals surface area contributed by atoms with Crippen molar-refractivity contribution in [2.24, 2.45) is 4.99 Å². The largest absolute Gasteiger partial charge is 0.493 e. The Morgan fingerprint density at radius 1 is 0.831 bits per heavy atom. The molecule has 1 N–H and O–H groups in total. The van der Waals surface area contributed by atoms with Gasteiger partial charge in [0.25, 0.3) is 11.6 Å². The number of nitrogens with zero attached hydrogens (tertiary/aromatic N) is 5. The van der Waals surface area contributed by atoms with Gasteiger partial charge in [0.1, 0.15) is 4.90 Å². The number of carbonyl (C=O) groups is 1. The molecule has 0 fully saturated rings. The minimum Gasteiger partial charge on any atom is -0.493 e. The van der Waals surface area contributed by atoms with E-state index in [2.05, 4.69) is 5.32 Å². The molecule has 0 unspecified atom stereocenters. The van der Waals surface area contributed by atoms with Crippen LogP contribution in [0.4, 0.5) is 22.9 Å². The second-order valence-corrected chi connectivity index (χ2v) is 17.8. The van der Waals surface area contributed by atoms with Crippen LogP contribution in [0.15, 0.2) is 129 Å². The molecule has 5 aromatic carbocycles. The number of fused-ring (bicyclic) bond motifs is 4. The third kappa shape index (κ3) is 6.76. The average molecular weight is 833 g/mol. The Bertz CT molecular complexity index is 2960. The van der Waals surface area contributed by atoms with E-state index >= 15 is 0 Å². The Morgan fingerprint density at radius 3 is 2.15 bits per heavy atom. The lowest BCUT2D eigenvalue weighted by atomic mass is 9.93. The number of hydrogen-bond acceptors (Lipinski definition) is 12. The number of nitrogens with one attached hydrogen (secondary N) is 1. The number of hydrogen-bond donors (Lipinski definition) is 1. The number of para-hydroxylation sites is 2. The number of amides is 1. The van der Waals surface area contributed by atoms with Gasteiger partial charge in [0, 0.05) is 17.2 Å². The minimum atomic E-state index is -4.56. The van der Waals surface area contributed by atoms with Gasteiger partial charge in [-0.2, -0.15) is 13.5 Å². The molecular weight excluding hydrogens is 797 g/mol. The van der Waals surface area contributed by atoms with Crippen LogP contribution in [0.2, 0.25) is 0 Å². The van der Waals surface area contributed by atoms with E-state index in [0.29, 0.717) is 39.7 Å². The maximum atomic E-state index is 13.8. The maximum Gasteiger partial charge on any atom is 0.339 e. The molecule has 59 heavy (non-hydrogen) atoms. The molecule has 2 aliphatic heterocycles. The third-order valence-corrected chi connectivity index (χ3v) is 13.3. The summed E-state index contributed by atoms with van der Waals surface area (Å²) in [5.74, 6) is -0.0315. The Morgan fingerprint density at radius 2 is 1.49 bits per heavy atom. The van der Waals surface area contributed by atoms with E-state index in [9.17, 15) is 31.7 Å². The lowest BCUT2D eigenvalue weighted by Gasteiger charge is -2.40. The third-order valence-electron chi connectivity index (χ3n) is 10.3. The highest BCUT2D eigenvalue weighted by Gasteiger charge is 2.43. The van der Waals surface area contributed by atoms with Crippen LogP contribution in [0.5, 0.6) is 11.5 Å². The van der Waals surface area contributed by atoms with Crippen molar-refractivity contribution >= 4 is 54.6 Å². The number of anilines is 2. The van der Waals surface area contributed by atoms with Crippen LogP contribution in [0.1, 0.15) is 53.8 Å². The monoisotopic (exact) mass is 832 g/mol. The molecule has 1 atom stereocenters. The van der Waals surface area contributed by atoms with Crippen molar-refractivity contribution in [1.29, 1.82) is 0 Å². The Labute approximate surface area is 339 Å². The van der Waals surface area contributed by atoms with Crippen LogP contribution >= 0.6 is 0 Å². The number of sulfone groups is 1. The van der Waals surface area contributed by atoms with Crippen LogP contribution in [0.3, 0.4) is 0 Å². The molecule has 17 heteroatoms. The fraction of sp³-hybridized carbons (Fsp3) is 0.167. The van der Waals surface area contributed by atoms with Gasteiger partial charge in [-0.15, -0.1) is 0 Å². The lowest BCUT2D eigenvalue weighted by molar-refractivity contribution is -0.385. The fourth-order valence-electron chi connectivity index (χ4n) is 7.20. The molecule has 8 rings (SSSR count). The first-order valence-electron chi connectivity index (χ1n) is 18.3. The van der Waals surface area contributed by atoms with Crippen LogP contribution in [0, 0.1) is 24.0 Å². The normalized spacial score (nSPS) is 14.8. The average Bonchev–Trinajstić information content (AvgIpc) is 3.55. The molecule has 0 saturated heterocycles. The Kier molecular flexibility index (Phi) is 9.59. The summed E-state index contributed by atoms with van der Waals surface area (Å²) in [4.78, 5) is 31.2. The van der Waals surface area contributed by atoms with E-state index in [4.69, 9.17) is 19.0 Å². The number of rotatable bonds is 10. The molecule has 1 aromatic heterocycles. The molecule has 2 aliphatic rings. The second kappa shape index (κ2) is 14.5. The number of aromatic nitrogens is 2. The zero-order valence-corrected chi connectivity index (χ0v) is 33.9. The number of amidine groups is 1. The van der Waals surface area contributed by atoms with E-state index in [1.165, 1.54) is 44.4 Å². The highest BCUT2D eigenvalue weighted by Crippen LogP contribution is 2.49. The van der Waals surface area contributed by atoms with Gasteiger partial charge in [-0.3, -0.25) is 14.9 Å². The first kappa shape index (κ1) is 39.0. The summed E-state index contributed by atoms with van der Waals surface area (Å²) >= 11 is 0. The SMILES string of the molecule is COc1cc([C@H]2c3c(C)nn(-c4ccc(S(=O)(=O)c5ccc(C(C)C)cc5)cc4)c3N=C3C(=O)Nc4ccccc4N32)ccc1OS(=O)(=O)c1ccc(C)c([N+](=O)[O-])c1. The molecule has 6 aromatic rings. The summed E-state index contributed by atoms with van der Waals surface area (Å²) in [6.07, 6.45) is 0. The number of nitro benzene ring substituents is 1. The fourth-order valence-corrected chi connectivity index (χ4v) is 9.42. The van der Waals surface area contributed by atoms with Gasteiger partial charge in [-0.05, 0) is 97.6 Å². The van der Waals surface area contributed by atoms with Crippen LogP contribution in [-0.2, 0) is 24.7 Å². The summed E-state index contributed by atoms with van der Waals surface area (Å²) in [6, 6.07) is 27.6. The van der Waals surface area contributed by atoms with Crippen molar-refractivity contribution in [2.45, 2.75) is 54.3 Å². The quantitative estimate of drug-likeness (QED) is 0.0807. The second-order valence-electron chi connectivity index (χ2n) is 14.3. The first-order chi connectivity index (χ1) is 28.1. The number of methoxy groups -OCH3 is 1. The zero-order valence-electron chi connectivity index (χ0n) is 32.3. The summed E-state index contributed by atoms with van der Waals surface area (Å²) in [5.41, 5.74) is 4.28. The topological polar surface area (TPSA) is 192 Å². The van der Waals surface area contributed by atoms with Gasteiger partial charge in [0.15, 0.2) is 17.3 Å². The van der Waals surface area contributed by atoms with Crippen molar-refractivity contribution in [2.75, 3.05) is 17.3 Å². The van der Waals surface area contributed by atoms with Gasteiger partial charge >= 0.3 is 10.1 Å². The van der Waals surface area contributed by atoms with Gasteiger partial charge in [0.05, 0.1) is 50.6 Å². The number of aliphatic imine (C=N–C) groups is 1. The smallest absolute Gasteiger partial charge is 0.339 e. The van der Waals surface area contributed by atoms with E-state index in [0.717, 1.165) is 11.6 Å². The summed E-state index contributed by atoms with van der Waals surface area (Å²) in [6.45, 7) is 7.36. The van der Waals surface area contributed by atoms with Crippen LogP contribution in [0.25, 0.3) is 5.69 Å². The van der Waals surface area contributed by atoms with Crippen molar-refractivity contribution in [3.05, 3.63) is 147 Å². The number of aryl methyl sites for hydroxylation is 2. The van der Waals surface area contributed by atoms with Gasteiger partial charge in [-0.1, -0.05) is 50.2 Å². The Balaban J connectivity index is 1.21. The summed E-state index contributed by atoms with van der Waals surface area (Å²) in [7, 11) is -7.05. The summed E-state index contributed by atoms with van der Waals surface area (Å²) in [5, 5.41) is 19.3. The van der Waals surface area contributed by atoms with E-state index in [1.54, 1.807) is 65.0 Å². The molecule has 300 valence electrons. The van der Waals surface area contributed by atoms with E-state index in [-0.39, 0.29) is 44.3 Å². The predicted molar refractivity (Wildman–Crippen MR) is 219 cm³/mol. The number of benzene rings is 5. The van der Waals surface area contributed by atoms with Gasteiger partial charge in [0.2, 0.25) is 15.7 Å². The molecule has 3 heterocycles. The number of ether oxygens (including phenoxy) is 1. The highest BCUT2D eigenvalue weighted by molar-refractivity contribution is 7.91. The maximum absolute atomic E-state index is 13.8. The summed E-state index contributed by atoms with van der Waals surface area (Å²) < 4.78 is 66.7. The van der Waals surface area contributed by atoms with Crippen LogP contribution < -0.4 is 19.1 Å². The molecule has 0 bridgehead atoms. The molecule has 0 saturated carbocycles. The molecule has 0 radical (unpaired) electrons. The molecule has 0 aliphatic carbocycles. The molecular formula is C42H36N6O9S2. The molecule has 15 nitrogen and oxygen atoms in total. The van der Waals surface area contributed by atoms with Gasteiger partial charge in [-0.25, -0.2) is 18.1 Å². The lowest BCUT2D eigenvalue weighted by Crippen LogP contribution is -2.48. The Hall–Kier alpha value is -6.85. The molecule has 0 spiro atoms. The van der Waals surface area contributed by atoms with Crippen molar-refractivity contribution in [3.63, 3.8) is 0 Å². The van der Waals surface area contributed by atoms with E-state index < -0.39 is 41.7 Å². The minimum absolute atomic E-state index is 0.0220. The first-order valence-corrected chi connectivity index (χ1v) is 21.2. The molecule has 1 amide bonds. The number of carbonyl (C=O) groups excluding carboxylic acids is 1. The van der Waals surface area contributed by atoms with Crippen molar-refractivity contribution < 1.29 is 35.5 Å². The standard InChI is InChI=1S/C42H36N6O9S2/c1-24(2)27-11-17-30(18-12-27)58(52,53)31-19-14-29(15-20-31)47-40-38(26(4)45-47)39(46-34-9-7-6-8-33(34)43-42(49)41(46)44-40)28-13-21-36(37(22-28)56-5)57-59(54,55)32-16-10-25(3)35(23-32)48(50)51/h6-24,39H,1-5H3,(H,43,49)/t39-/m0/s1. The van der Waals surface area contributed by atoms with Crippen LogP contribution in [-0.4, -0.2) is 50.4 Å². The van der Waals surface area contributed by atoms with Gasteiger partial charge < -0.3 is 19.1 Å². The van der Waals surface area contributed by atoms with Crippen molar-refractivity contribution in [3.8, 4) is 17.2 Å². The van der Waals surface area contributed by atoms with Crippen molar-refractivity contribution in [1.82, 2.24) is 9.78 Å².